The molecule has 1 fully saturated rings. The van der Waals surface area contributed by atoms with Crippen LogP contribution in [-0.4, -0.2) is 45.7 Å². The summed E-state index contributed by atoms with van der Waals surface area (Å²) in [7, 11) is 0. The number of benzene rings is 2. The number of carbonyl (C=O) groups is 1. The molecule has 0 atom stereocenters. The van der Waals surface area contributed by atoms with E-state index in [9.17, 15) is 14.0 Å². The SMILES string of the molecule is CC#Cc1ccc2c(=O)[nH]nc(Cc3ccc(F)c(C(=O)N4CCN(c5ccc(C#N)cn5)C4)c3)c2c1. The molecule has 0 saturated carbocycles. The number of nitrogens with one attached hydrogen (secondary N) is 1. The lowest BCUT2D eigenvalue weighted by molar-refractivity contribution is 0.0789. The number of anilines is 1. The van der Waals surface area contributed by atoms with Crippen LogP contribution in [0, 0.1) is 29.0 Å². The highest BCUT2D eigenvalue weighted by molar-refractivity contribution is 5.95. The van der Waals surface area contributed by atoms with Crippen molar-refractivity contribution in [3.05, 3.63) is 98.8 Å². The predicted molar refractivity (Wildman–Crippen MR) is 136 cm³/mol. The van der Waals surface area contributed by atoms with E-state index in [4.69, 9.17) is 5.26 Å². The van der Waals surface area contributed by atoms with Gasteiger partial charge in [-0.2, -0.15) is 10.4 Å². The maximum atomic E-state index is 14.8. The van der Waals surface area contributed by atoms with Crippen LogP contribution in [0.2, 0.25) is 0 Å². The fourth-order valence-corrected chi connectivity index (χ4v) is 4.37. The van der Waals surface area contributed by atoms with Crippen LogP contribution in [0.15, 0.2) is 59.5 Å². The summed E-state index contributed by atoms with van der Waals surface area (Å²) in [6.07, 6.45) is 1.77. The molecule has 9 heteroatoms. The topological polar surface area (TPSA) is 106 Å². The van der Waals surface area contributed by atoms with Crippen LogP contribution in [0.1, 0.15) is 39.7 Å². The molecule has 1 amide bonds. The van der Waals surface area contributed by atoms with Crippen molar-refractivity contribution in [1.29, 1.82) is 5.26 Å². The quantitative estimate of drug-likeness (QED) is 0.439. The molecule has 1 saturated heterocycles. The number of H-pyrrole nitrogens is 1. The predicted octanol–water partition coefficient (Wildman–Crippen LogP) is 3.21. The molecule has 2 aromatic heterocycles. The number of amides is 1. The van der Waals surface area contributed by atoms with Crippen molar-refractivity contribution < 1.29 is 9.18 Å². The number of fused-ring (bicyclic) bond motifs is 1. The van der Waals surface area contributed by atoms with E-state index < -0.39 is 11.7 Å². The Labute approximate surface area is 212 Å². The Morgan fingerprint density at radius 3 is 2.70 bits per heavy atom. The molecule has 1 aliphatic rings. The zero-order valence-corrected chi connectivity index (χ0v) is 20.0. The van der Waals surface area contributed by atoms with Crippen molar-refractivity contribution in [3.63, 3.8) is 0 Å². The van der Waals surface area contributed by atoms with Gasteiger partial charge in [-0.3, -0.25) is 9.59 Å². The molecular formula is C28H21FN6O2. The molecule has 0 unspecified atom stereocenters. The second kappa shape index (κ2) is 9.92. The highest BCUT2D eigenvalue weighted by Gasteiger charge is 2.28. The van der Waals surface area contributed by atoms with Gasteiger partial charge in [0.1, 0.15) is 17.7 Å². The molecule has 0 bridgehead atoms. The van der Waals surface area contributed by atoms with E-state index in [1.54, 1.807) is 42.2 Å². The molecule has 182 valence electrons. The van der Waals surface area contributed by atoms with E-state index in [2.05, 4.69) is 27.0 Å². The van der Waals surface area contributed by atoms with E-state index in [1.807, 2.05) is 17.0 Å². The summed E-state index contributed by atoms with van der Waals surface area (Å²) in [6.45, 7) is 2.95. The van der Waals surface area contributed by atoms with Gasteiger partial charge in [0.25, 0.3) is 11.5 Å². The fraction of sp³-hybridized carbons (Fsp3) is 0.179. The van der Waals surface area contributed by atoms with Crippen LogP contribution < -0.4 is 10.5 Å². The van der Waals surface area contributed by atoms with Crippen molar-refractivity contribution in [2.45, 2.75) is 13.3 Å². The molecule has 1 N–H and O–H groups in total. The van der Waals surface area contributed by atoms with Gasteiger partial charge in [-0.1, -0.05) is 12.0 Å². The van der Waals surface area contributed by atoms with Crippen molar-refractivity contribution in [3.8, 4) is 17.9 Å². The number of hydrogen-bond acceptors (Lipinski definition) is 6. The highest BCUT2D eigenvalue weighted by Crippen LogP contribution is 2.22. The molecule has 37 heavy (non-hydrogen) atoms. The molecule has 4 aromatic rings. The standard InChI is InChI=1S/C28H21FN6O2/c1-2-3-18-4-7-21-22(12-18)25(32-33-27(21)36)14-19-5-8-24(29)23(13-19)28(37)35-11-10-34(17-35)26-9-6-20(15-30)16-31-26/h4-9,12-13,16H,10-11,14,17H2,1H3,(H,33,36). The molecule has 3 heterocycles. The fourth-order valence-electron chi connectivity index (χ4n) is 4.37. The minimum atomic E-state index is -0.608. The minimum absolute atomic E-state index is 0.0293. The van der Waals surface area contributed by atoms with E-state index in [0.29, 0.717) is 46.5 Å². The number of aromatic amines is 1. The summed E-state index contributed by atoms with van der Waals surface area (Å²) in [6, 6.07) is 15.1. The Balaban J connectivity index is 1.39. The molecule has 0 radical (unpaired) electrons. The average Bonchev–Trinajstić information content (AvgIpc) is 3.42. The lowest BCUT2D eigenvalue weighted by Crippen LogP contribution is -2.32. The summed E-state index contributed by atoms with van der Waals surface area (Å²) in [5.74, 6) is 5.44. The van der Waals surface area contributed by atoms with Gasteiger partial charge in [-0.25, -0.2) is 14.5 Å². The molecule has 1 aliphatic heterocycles. The lowest BCUT2D eigenvalue weighted by atomic mass is 10.0. The molecule has 0 aliphatic carbocycles. The molecule has 0 spiro atoms. The number of nitriles is 1. The van der Waals surface area contributed by atoms with Gasteiger partial charge in [0.15, 0.2) is 0 Å². The summed E-state index contributed by atoms with van der Waals surface area (Å²) in [5.41, 5.74) is 2.16. The van der Waals surface area contributed by atoms with Gasteiger partial charge in [0.05, 0.1) is 28.9 Å². The number of carbonyl (C=O) groups excluding carboxylic acids is 1. The van der Waals surface area contributed by atoms with Crippen molar-refractivity contribution in [1.82, 2.24) is 20.1 Å². The summed E-state index contributed by atoms with van der Waals surface area (Å²) < 4.78 is 14.8. The molecule has 2 aromatic carbocycles. The Kier molecular flexibility index (Phi) is 6.36. The van der Waals surface area contributed by atoms with Crippen LogP contribution in [0.5, 0.6) is 0 Å². The van der Waals surface area contributed by atoms with Crippen LogP contribution in [0.3, 0.4) is 0 Å². The number of aromatic nitrogens is 3. The minimum Gasteiger partial charge on any atom is -0.337 e. The second-order valence-corrected chi connectivity index (χ2v) is 8.62. The largest absolute Gasteiger partial charge is 0.337 e. The Hall–Kier alpha value is -5.02. The van der Waals surface area contributed by atoms with Crippen molar-refractivity contribution in [2.24, 2.45) is 0 Å². The third-order valence-corrected chi connectivity index (χ3v) is 6.24. The number of rotatable bonds is 4. The lowest BCUT2D eigenvalue weighted by Gasteiger charge is -2.19. The van der Waals surface area contributed by atoms with E-state index in [0.717, 1.165) is 5.56 Å². The Morgan fingerprint density at radius 1 is 1.11 bits per heavy atom. The first kappa shape index (κ1) is 23.7. The van der Waals surface area contributed by atoms with Gasteiger partial charge in [0, 0.05) is 36.7 Å². The van der Waals surface area contributed by atoms with Gasteiger partial charge in [0.2, 0.25) is 0 Å². The maximum Gasteiger partial charge on any atom is 0.272 e. The maximum absolute atomic E-state index is 14.8. The Morgan fingerprint density at radius 2 is 1.95 bits per heavy atom. The van der Waals surface area contributed by atoms with Gasteiger partial charge >= 0.3 is 0 Å². The highest BCUT2D eigenvalue weighted by atomic mass is 19.1. The molecule has 8 nitrogen and oxygen atoms in total. The monoisotopic (exact) mass is 492 g/mol. The molecule has 5 rings (SSSR count). The Bertz CT molecular complexity index is 1680. The van der Waals surface area contributed by atoms with E-state index in [1.165, 1.54) is 18.3 Å². The van der Waals surface area contributed by atoms with Crippen molar-refractivity contribution >= 4 is 22.5 Å². The number of halogens is 1. The van der Waals surface area contributed by atoms with Crippen LogP contribution in [0.25, 0.3) is 10.8 Å². The number of nitrogens with zero attached hydrogens (tertiary/aromatic N) is 5. The van der Waals surface area contributed by atoms with E-state index >= 15 is 0 Å². The summed E-state index contributed by atoms with van der Waals surface area (Å²) >= 11 is 0. The summed E-state index contributed by atoms with van der Waals surface area (Å²) in [5, 5.41) is 16.8. The average molecular weight is 493 g/mol. The van der Waals surface area contributed by atoms with Crippen molar-refractivity contribution in [2.75, 3.05) is 24.7 Å². The van der Waals surface area contributed by atoms with E-state index in [-0.39, 0.29) is 24.2 Å². The smallest absolute Gasteiger partial charge is 0.272 e. The normalized spacial score (nSPS) is 12.8. The zero-order valence-electron chi connectivity index (χ0n) is 20.0. The first-order chi connectivity index (χ1) is 18.0. The second-order valence-electron chi connectivity index (χ2n) is 8.62. The summed E-state index contributed by atoms with van der Waals surface area (Å²) in [4.78, 5) is 33.2. The van der Waals surface area contributed by atoms with Crippen LogP contribution >= 0.6 is 0 Å². The van der Waals surface area contributed by atoms with Crippen LogP contribution in [-0.2, 0) is 6.42 Å². The van der Waals surface area contributed by atoms with Gasteiger partial charge < -0.3 is 9.80 Å². The molecular weight excluding hydrogens is 471 g/mol. The third-order valence-electron chi connectivity index (χ3n) is 6.24. The number of pyridine rings is 1. The van der Waals surface area contributed by atoms with Crippen LogP contribution in [0.4, 0.5) is 10.2 Å². The third kappa shape index (κ3) is 4.75. The van der Waals surface area contributed by atoms with Gasteiger partial charge in [-0.05, 0) is 55.0 Å². The van der Waals surface area contributed by atoms with Gasteiger partial charge in [-0.15, -0.1) is 5.92 Å². The first-order valence-corrected chi connectivity index (χ1v) is 11.6. The first-order valence-electron chi connectivity index (χ1n) is 11.6. The zero-order chi connectivity index (χ0) is 25.9. The number of hydrogen-bond donors (Lipinski definition) is 1.